The number of carbonyl (C=O) groups excluding carboxylic acids is 3. The Labute approximate surface area is 206 Å². The van der Waals surface area contributed by atoms with Crippen LogP contribution in [0.4, 0.5) is 0 Å². The van der Waals surface area contributed by atoms with Crippen molar-refractivity contribution in [1.29, 1.82) is 0 Å². The Morgan fingerprint density at radius 3 is 2.31 bits per heavy atom. The highest BCUT2D eigenvalue weighted by molar-refractivity contribution is 6.07. The van der Waals surface area contributed by atoms with Gasteiger partial charge in [-0.05, 0) is 91.4 Å². The number of rotatable bonds is 4. The molecule has 0 aromatic heterocycles. The zero-order valence-corrected chi connectivity index (χ0v) is 20.3. The molecule has 3 amide bonds. The number of fused-ring (bicyclic) bond motifs is 1. The van der Waals surface area contributed by atoms with Crippen LogP contribution in [-0.2, 0) is 9.59 Å². The lowest BCUT2D eigenvalue weighted by Crippen LogP contribution is -2.52. The van der Waals surface area contributed by atoms with Crippen LogP contribution in [0.1, 0.15) is 68.1 Å². The van der Waals surface area contributed by atoms with Crippen LogP contribution in [0.15, 0.2) is 42.5 Å². The second-order valence-electron chi connectivity index (χ2n) is 11.7. The lowest BCUT2D eigenvalue weighted by Gasteiger charge is -2.56. The smallest absolute Gasteiger partial charge is 0.254 e. The van der Waals surface area contributed by atoms with E-state index in [4.69, 9.17) is 0 Å². The van der Waals surface area contributed by atoms with Crippen molar-refractivity contribution in [3.05, 3.63) is 48.0 Å². The Hall–Kier alpha value is -2.89. The first-order valence-corrected chi connectivity index (χ1v) is 13.3. The molecule has 184 valence electrons. The van der Waals surface area contributed by atoms with Crippen molar-refractivity contribution in [3.63, 3.8) is 0 Å². The molecule has 4 saturated carbocycles. The molecule has 4 aliphatic carbocycles. The van der Waals surface area contributed by atoms with Crippen molar-refractivity contribution >= 4 is 28.5 Å². The molecule has 2 aromatic rings. The van der Waals surface area contributed by atoms with Gasteiger partial charge in [0.25, 0.3) is 5.91 Å². The standard InChI is InChI=1S/C29H35N3O3/c33-26(17-29-14-19-11-20(15-29)13-21(12-19)16-29)30-31-27(34)23-7-4-10-32(18-23)28(35)25-9-3-6-22-5-1-2-8-24(22)25/h1-3,5-6,8-9,19-21,23H,4,7,10-18H2,(H,30,33)(H,31,34). The van der Waals surface area contributed by atoms with E-state index in [1.54, 1.807) is 4.90 Å². The van der Waals surface area contributed by atoms with E-state index in [9.17, 15) is 14.4 Å². The molecule has 35 heavy (non-hydrogen) atoms. The molecular formula is C29H35N3O3. The van der Waals surface area contributed by atoms with E-state index in [1.165, 1.54) is 38.5 Å². The first kappa shape index (κ1) is 22.6. The van der Waals surface area contributed by atoms with Gasteiger partial charge in [0.05, 0.1) is 5.92 Å². The number of nitrogens with one attached hydrogen (secondary N) is 2. The molecule has 5 fully saturated rings. The Kier molecular flexibility index (Phi) is 5.78. The predicted octanol–water partition coefficient (Wildman–Crippen LogP) is 4.45. The second-order valence-corrected chi connectivity index (χ2v) is 11.7. The summed E-state index contributed by atoms with van der Waals surface area (Å²) in [5.41, 5.74) is 6.22. The molecule has 6 nitrogen and oxygen atoms in total. The van der Waals surface area contributed by atoms with Crippen LogP contribution in [0.25, 0.3) is 10.8 Å². The summed E-state index contributed by atoms with van der Waals surface area (Å²) < 4.78 is 0. The molecule has 2 N–H and O–H groups in total. The number of piperidine rings is 1. The summed E-state index contributed by atoms with van der Waals surface area (Å²) in [7, 11) is 0. The van der Waals surface area contributed by atoms with Crippen LogP contribution >= 0.6 is 0 Å². The summed E-state index contributed by atoms with van der Waals surface area (Å²) in [5, 5.41) is 1.97. The number of carbonyl (C=O) groups is 3. The molecule has 2 aromatic carbocycles. The molecule has 1 atom stereocenters. The largest absolute Gasteiger partial charge is 0.338 e. The summed E-state index contributed by atoms with van der Waals surface area (Å²) in [4.78, 5) is 40.8. The van der Waals surface area contributed by atoms with E-state index in [0.29, 0.717) is 25.1 Å². The van der Waals surface area contributed by atoms with Crippen molar-refractivity contribution in [1.82, 2.24) is 15.8 Å². The lowest BCUT2D eigenvalue weighted by atomic mass is 9.49. The second kappa shape index (κ2) is 8.96. The normalized spacial score (nSPS) is 31.4. The van der Waals surface area contributed by atoms with Gasteiger partial charge in [-0.25, -0.2) is 0 Å². The minimum atomic E-state index is -0.317. The van der Waals surface area contributed by atoms with Gasteiger partial charge in [-0.1, -0.05) is 36.4 Å². The third kappa shape index (κ3) is 4.43. The molecule has 0 radical (unpaired) electrons. The summed E-state index contributed by atoms with van der Waals surface area (Å²) in [6, 6.07) is 13.7. The summed E-state index contributed by atoms with van der Waals surface area (Å²) in [5.74, 6) is 1.79. The van der Waals surface area contributed by atoms with Gasteiger partial charge < -0.3 is 4.90 Å². The van der Waals surface area contributed by atoms with Gasteiger partial charge in [0, 0.05) is 25.1 Å². The average molecular weight is 474 g/mol. The summed E-state index contributed by atoms with van der Waals surface area (Å²) >= 11 is 0. The number of benzene rings is 2. The van der Waals surface area contributed by atoms with Crippen molar-refractivity contribution < 1.29 is 14.4 Å². The van der Waals surface area contributed by atoms with Gasteiger partial charge in [-0.3, -0.25) is 25.2 Å². The molecule has 4 bridgehead atoms. The van der Waals surface area contributed by atoms with E-state index >= 15 is 0 Å². The monoisotopic (exact) mass is 473 g/mol. The van der Waals surface area contributed by atoms with Crippen molar-refractivity contribution in [2.45, 2.75) is 57.8 Å². The van der Waals surface area contributed by atoms with E-state index < -0.39 is 0 Å². The third-order valence-corrected chi connectivity index (χ3v) is 9.13. The van der Waals surface area contributed by atoms with E-state index in [1.807, 2.05) is 42.5 Å². The fourth-order valence-corrected chi connectivity index (χ4v) is 8.08. The molecule has 0 spiro atoms. The number of hydrazine groups is 1. The average Bonchev–Trinajstić information content (AvgIpc) is 2.85. The first-order valence-electron chi connectivity index (χ1n) is 13.3. The van der Waals surface area contributed by atoms with E-state index in [0.717, 1.165) is 41.4 Å². The van der Waals surface area contributed by atoms with Gasteiger partial charge in [-0.15, -0.1) is 0 Å². The Morgan fingerprint density at radius 2 is 1.57 bits per heavy atom. The van der Waals surface area contributed by atoms with Gasteiger partial charge in [0.15, 0.2) is 0 Å². The molecule has 1 unspecified atom stereocenters. The molecule has 1 saturated heterocycles. The van der Waals surface area contributed by atoms with Crippen LogP contribution in [0.5, 0.6) is 0 Å². The van der Waals surface area contributed by atoms with E-state index in [-0.39, 0.29) is 29.1 Å². The van der Waals surface area contributed by atoms with Gasteiger partial charge in [0.1, 0.15) is 0 Å². The minimum Gasteiger partial charge on any atom is -0.338 e. The summed E-state index contributed by atoms with van der Waals surface area (Å²) in [6.07, 6.45) is 9.60. The van der Waals surface area contributed by atoms with E-state index in [2.05, 4.69) is 10.9 Å². The van der Waals surface area contributed by atoms with Crippen LogP contribution in [-0.4, -0.2) is 35.7 Å². The predicted molar refractivity (Wildman–Crippen MR) is 134 cm³/mol. The quantitative estimate of drug-likeness (QED) is 0.644. The Balaban J connectivity index is 1.05. The molecule has 1 aliphatic heterocycles. The maximum atomic E-state index is 13.3. The highest BCUT2D eigenvalue weighted by Crippen LogP contribution is 2.61. The van der Waals surface area contributed by atoms with Gasteiger partial charge in [-0.2, -0.15) is 0 Å². The highest BCUT2D eigenvalue weighted by atomic mass is 16.2. The number of likely N-dealkylation sites (tertiary alicyclic amines) is 1. The third-order valence-electron chi connectivity index (χ3n) is 9.13. The fourth-order valence-electron chi connectivity index (χ4n) is 8.08. The van der Waals surface area contributed by atoms with Gasteiger partial charge >= 0.3 is 0 Å². The van der Waals surface area contributed by atoms with Crippen molar-refractivity contribution in [2.24, 2.45) is 29.1 Å². The maximum Gasteiger partial charge on any atom is 0.254 e. The van der Waals surface area contributed by atoms with Gasteiger partial charge in [0.2, 0.25) is 11.8 Å². The maximum absolute atomic E-state index is 13.3. The number of nitrogens with zero attached hydrogens (tertiary/aromatic N) is 1. The van der Waals surface area contributed by atoms with Crippen molar-refractivity contribution in [3.8, 4) is 0 Å². The topological polar surface area (TPSA) is 78.5 Å². The van der Waals surface area contributed by atoms with Crippen LogP contribution in [0, 0.1) is 29.1 Å². The highest BCUT2D eigenvalue weighted by Gasteiger charge is 2.51. The van der Waals surface area contributed by atoms with Crippen molar-refractivity contribution in [2.75, 3.05) is 13.1 Å². The molecular weight excluding hydrogens is 438 g/mol. The fraction of sp³-hybridized carbons (Fsp3) is 0.552. The SMILES string of the molecule is O=C(CC12CC3CC(CC(C3)C1)C2)NNC(=O)C1CCCN(C(=O)c2cccc3ccccc23)C1. The molecule has 5 aliphatic rings. The van der Waals surface area contributed by atoms with Crippen LogP contribution in [0.2, 0.25) is 0 Å². The van der Waals surface area contributed by atoms with Crippen LogP contribution < -0.4 is 10.9 Å². The zero-order valence-electron chi connectivity index (χ0n) is 20.3. The zero-order chi connectivity index (χ0) is 24.0. The van der Waals surface area contributed by atoms with Crippen LogP contribution in [0.3, 0.4) is 0 Å². The number of hydrogen-bond acceptors (Lipinski definition) is 3. The molecule has 7 rings (SSSR count). The minimum absolute atomic E-state index is 0.0369. The molecule has 6 heteroatoms. The number of hydrogen-bond donors (Lipinski definition) is 2. The lowest BCUT2D eigenvalue weighted by molar-refractivity contribution is -0.136. The summed E-state index contributed by atoms with van der Waals surface area (Å²) in [6.45, 7) is 1.02. The Morgan fingerprint density at radius 1 is 0.886 bits per heavy atom. The first-order chi connectivity index (χ1) is 17.0. The number of amides is 3. The Bertz CT molecular complexity index is 1120. The molecule has 1 heterocycles.